The van der Waals surface area contributed by atoms with Gasteiger partial charge in [-0.25, -0.2) is 0 Å². The standard InChI is InChI=1S/C17H23N3O3/c1-14-3-2-4-16(9-14)23-13-17(21)11-20(7-8-22-12-17)10-15-5-6-18-19-15/h2-6,9,21H,7-8,10-13H2,1H3,(H,18,19)/t17-/m1/s1. The Kier molecular flexibility index (Phi) is 4.95. The summed E-state index contributed by atoms with van der Waals surface area (Å²) in [5, 5.41) is 17.8. The second-order valence-electron chi connectivity index (χ2n) is 6.17. The summed E-state index contributed by atoms with van der Waals surface area (Å²) in [6.07, 6.45) is 1.73. The number of aromatic amines is 1. The number of H-pyrrole nitrogens is 1. The summed E-state index contributed by atoms with van der Waals surface area (Å²) in [5.74, 6) is 0.766. The summed E-state index contributed by atoms with van der Waals surface area (Å²) < 4.78 is 11.4. The zero-order chi connectivity index (χ0) is 16.1. The van der Waals surface area contributed by atoms with Gasteiger partial charge in [-0.2, -0.15) is 5.10 Å². The average Bonchev–Trinajstić information content (AvgIpc) is 2.95. The third kappa shape index (κ3) is 4.54. The molecule has 1 aromatic heterocycles. The number of β-amino-alcohol motifs (C(OH)–C–C–N with tert-alkyl or cyclic N) is 1. The Morgan fingerprint density at radius 1 is 1.43 bits per heavy atom. The lowest BCUT2D eigenvalue weighted by atomic mass is 10.1. The number of rotatable bonds is 5. The Morgan fingerprint density at radius 2 is 2.35 bits per heavy atom. The molecule has 6 nitrogen and oxygen atoms in total. The van der Waals surface area contributed by atoms with Crippen LogP contribution < -0.4 is 4.74 Å². The van der Waals surface area contributed by atoms with Crippen molar-refractivity contribution in [2.24, 2.45) is 0 Å². The summed E-state index contributed by atoms with van der Waals surface area (Å²) in [5.41, 5.74) is 1.13. The van der Waals surface area contributed by atoms with Gasteiger partial charge in [-0.05, 0) is 30.7 Å². The molecule has 1 fully saturated rings. The fourth-order valence-electron chi connectivity index (χ4n) is 2.76. The third-order valence-electron chi connectivity index (χ3n) is 3.89. The van der Waals surface area contributed by atoms with E-state index in [4.69, 9.17) is 9.47 Å². The van der Waals surface area contributed by atoms with Gasteiger partial charge in [0.15, 0.2) is 0 Å². The summed E-state index contributed by atoms with van der Waals surface area (Å²) in [6.45, 7) is 5.07. The fourth-order valence-corrected chi connectivity index (χ4v) is 2.76. The van der Waals surface area contributed by atoms with Crippen LogP contribution in [0.15, 0.2) is 36.5 Å². The molecule has 6 heteroatoms. The number of aryl methyl sites for hydroxylation is 1. The Hall–Kier alpha value is -1.89. The van der Waals surface area contributed by atoms with Crippen LogP contribution in [0.1, 0.15) is 11.3 Å². The van der Waals surface area contributed by atoms with E-state index in [1.807, 2.05) is 37.3 Å². The quantitative estimate of drug-likeness (QED) is 0.871. The van der Waals surface area contributed by atoms with Gasteiger partial charge in [0.25, 0.3) is 0 Å². The maximum Gasteiger partial charge on any atom is 0.134 e. The highest BCUT2D eigenvalue weighted by Crippen LogP contribution is 2.18. The van der Waals surface area contributed by atoms with Crippen LogP contribution in [0.3, 0.4) is 0 Å². The molecular weight excluding hydrogens is 294 g/mol. The maximum absolute atomic E-state index is 10.9. The molecule has 2 N–H and O–H groups in total. The predicted molar refractivity (Wildman–Crippen MR) is 86.3 cm³/mol. The minimum absolute atomic E-state index is 0.204. The van der Waals surface area contributed by atoms with Gasteiger partial charge in [-0.15, -0.1) is 0 Å². The van der Waals surface area contributed by atoms with Crippen molar-refractivity contribution in [1.29, 1.82) is 0 Å². The zero-order valence-electron chi connectivity index (χ0n) is 13.4. The smallest absolute Gasteiger partial charge is 0.134 e. The van der Waals surface area contributed by atoms with Gasteiger partial charge in [-0.3, -0.25) is 10.00 Å². The van der Waals surface area contributed by atoms with Crippen molar-refractivity contribution in [2.75, 3.05) is 32.9 Å². The monoisotopic (exact) mass is 317 g/mol. The largest absolute Gasteiger partial charge is 0.490 e. The predicted octanol–water partition coefficient (Wildman–Crippen LogP) is 1.36. The topological polar surface area (TPSA) is 70.6 Å². The van der Waals surface area contributed by atoms with E-state index in [0.717, 1.165) is 23.6 Å². The maximum atomic E-state index is 10.9. The SMILES string of the molecule is Cc1cccc(OC[C@]2(O)COCCN(Cc3ccn[nH]3)C2)c1. The average molecular weight is 317 g/mol. The highest BCUT2D eigenvalue weighted by atomic mass is 16.5. The molecule has 2 aromatic rings. The molecule has 1 saturated heterocycles. The van der Waals surface area contributed by atoms with E-state index in [-0.39, 0.29) is 13.2 Å². The van der Waals surface area contributed by atoms with Crippen LogP contribution in [-0.4, -0.2) is 58.7 Å². The lowest BCUT2D eigenvalue weighted by Gasteiger charge is -2.30. The van der Waals surface area contributed by atoms with Crippen molar-refractivity contribution in [2.45, 2.75) is 19.1 Å². The van der Waals surface area contributed by atoms with E-state index in [1.54, 1.807) is 6.20 Å². The number of nitrogens with zero attached hydrogens (tertiary/aromatic N) is 2. The lowest BCUT2D eigenvalue weighted by molar-refractivity contribution is -0.0647. The van der Waals surface area contributed by atoms with Crippen LogP contribution in [0.5, 0.6) is 5.75 Å². The number of aliphatic hydroxyl groups is 1. The molecule has 0 unspecified atom stereocenters. The molecule has 1 aliphatic rings. The van der Waals surface area contributed by atoms with E-state index in [0.29, 0.717) is 19.7 Å². The van der Waals surface area contributed by atoms with Gasteiger partial charge in [0.2, 0.25) is 0 Å². The lowest BCUT2D eigenvalue weighted by Crippen LogP contribution is -2.48. The molecular formula is C17H23N3O3. The van der Waals surface area contributed by atoms with Crippen molar-refractivity contribution in [1.82, 2.24) is 15.1 Å². The van der Waals surface area contributed by atoms with E-state index in [1.165, 1.54) is 0 Å². The first-order chi connectivity index (χ1) is 11.1. The molecule has 0 saturated carbocycles. The van der Waals surface area contributed by atoms with Crippen LogP contribution in [0.4, 0.5) is 0 Å². The molecule has 0 aliphatic carbocycles. The zero-order valence-corrected chi connectivity index (χ0v) is 13.4. The number of nitrogens with one attached hydrogen (secondary N) is 1. The molecule has 0 amide bonds. The second kappa shape index (κ2) is 7.12. The number of benzene rings is 1. The molecule has 0 bridgehead atoms. The minimum atomic E-state index is -1.03. The molecule has 3 rings (SSSR count). The van der Waals surface area contributed by atoms with Crippen molar-refractivity contribution in [3.05, 3.63) is 47.8 Å². The van der Waals surface area contributed by atoms with Gasteiger partial charge >= 0.3 is 0 Å². The molecule has 1 aromatic carbocycles. The number of hydrogen-bond acceptors (Lipinski definition) is 5. The Balaban J connectivity index is 1.61. The van der Waals surface area contributed by atoms with Gasteiger partial charge in [0, 0.05) is 31.5 Å². The molecule has 1 aliphatic heterocycles. The number of ether oxygens (including phenoxy) is 2. The first-order valence-electron chi connectivity index (χ1n) is 7.83. The van der Waals surface area contributed by atoms with E-state index < -0.39 is 5.60 Å². The van der Waals surface area contributed by atoms with Gasteiger partial charge < -0.3 is 14.6 Å². The highest BCUT2D eigenvalue weighted by Gasteiger charge is 2.33. The van der Waals surface area contributed by atoms with E-state index >= 15 is 0 Å². The third-order valence-corrected chi connectivity index (χ3v) is 3.89. The van der Waals surface area contributed by atoms with Crippen LogP contribution in [0.2, 0.25) is 0 Å². The molecule has 1 atom stereocenters. The van der Waals surface area contributed by atoms with Crippen LogP contribution in [0.25, 0.3) is 0 Å². The molecule has 0 spiro atoms. The molecule has 23 heavy (non-hydrogen) atoms. The summed E-state index contributed by atoms with van der Waals surface area (Å²) >= 11 is 0. The van der Waals surface area contributed by atoms with Crippen molar-refractivity contribution < 1.29 is 14.6 Å². The van der Waals surface area contributed by atoms with Crippen LogP contribution in [-0.2, 0) is 11.3 Å². The first-order valence-corrected chi connectivity index (χ1v) is 7.83. The fraction of sp³-hybridized carbons (Fsp3) is 0.471. The first kappa shape index (κ1) is 16.0. The molecule has 2 heterocycles. The summed E-state index contributed by atoms with van der Waals surface area (Å²) in [4.78, 5) is 2.15. The van der Waals surface area contributed by atoms with Gasteiger partial charge in [-0.1, -0.05) is 12.1 Å². The summed E-state index contributed by atoms with van der Waals surface area (Å²) in [6, 6.07) is 9.76. The highest BCUT2D eigenvalue weighted by molar-refractivity contribution is 5.27. The Bertz CT molecular complexity index is 617. The van der Waals surface area contributed by atoms with E-state index in [2.05, 4.69) is 15.1 Å². The second-order valence-corrected chi connectivity index (χ2v) is 6.17. The number of hydrogen-bond donors (Lipinski definition) is 2. The van der Waals surface area contributed by atoms with Crippen LogP contribution in [0, 0.1) is 6.92 Å². The van der Waals surface area contributed by atoms with Gasteiger partial charge in [0.1, 0.15) is 18.0 Å². The normalized spacial score (nSPS) is 22.7. The van der Waals surface area contributed by atoms with Crippen LogP contribution >= 0.6 is 0 Å². The van der Waals surface area contributed by atoms with E-state index in [9.17, 15) is 5.11 Å². The van der Waals surface area contributed by atoms with Crippen molar-refractivity contribution >= 4 is 0 Å². The van der Waals surface area contributed by atoms with Crippen molar-refractivity contribution in [3.63, 3.8) is 0 Å². The van der Waals surface area contributed by atoms with Gasteiger partial charge in [0.05, 0.1) is 13.2 Å². The minimum Gasteiger partial charge on any atom is -0.490 e. The number of aromatic nitrogens is 2. The van der Waals surface area contributed by atoms with Crippen molar-refractivity contribution in [3.8, 4) is 5.75 Å². The molecule has 124 valence electrons. The molecule has 0 radical (unpaired) electrons. The summed E-state index contributed by atoms with van der Waals surface area (Å²) in [7, 11) is 0. The Morgan fingerprint density at radius 3 is 3.13 bits per heavy atom. The Labute approximate surface area is 136 Å².